The van der Waals surface area contributed by atoms with E-state index in [9.17, 15) is 4.79 Å². The third-order valence-electron chi connectivity index (χ3n) is 4.41. The summed E-state index contributed by atoms with van der Waals surface area (Å²) in [6.07, 6.45) is 5.34. The van der Waals surface area contributed by atoms with E-state index in [1.54, 1.807) is 0 Å². The number of carbonyl (C=O) groups is 1. The molecule has 1 aromatic rings. The van der Waals surface area contributed by atoms with Crippen LogP contribution in [-0.2, 0) is 4.79 Å². The number of rotatable bonds is 6. The Labute approximate surface area is 121 Å². The number of amides is 1. The summed E-state index contributed by atoms with van der Waals surface area (Å²) >= 11 is 0. The lowest BCUT2D eigenvalue weighted by Gasteiger charge is -2.22. The first-order chi connectivity index (χ1) is 9.63. The van der Waals surface area contributed by atoms with Crippen LogP contribution in [-0.4, -0.2) is 18.0 Å². The molecule has 1 aromatic carbocycles. The maximum absolute atomic E-state index is 12.2. The van der Waals surface area contributed by atoms with Gasteiger partial charge in [-0.25, -0.2) is 0 Å². The fraction of sp³-hybridized carbons (Fsp3) is 0.588. The van der Waals surface area contributed by atoms with Crippen molar-refractivity contribution in [3.05, 3.63) is 29.8 Å². The van der Waals surface area contributed by atoms with Gasteiger partial charge in [0.15, 0.2) is 0 Å². The van der Waals surface area contributed by atoms with Crippen LogP contribution in [0.1, 0.15) is 38.2 Å². The molecule has 2 N–H and O–H groups in total. The van der Waals surface area contributed by atoms with Crippen molar-refractivity contribution in [2.75, 3.05) is 5.32 Å². The molecule has 3 heteroatoms. The van der Waals surface area contributed by atoms with Gasteiger partial charge in [0.2, 0.25) is 5.91 Å². The van der Waals surface area contributed by atoms with E-state index in [0.29, 0.717) is 6.04 Å². The van der Waals surface area contributed by atoms with Crippen LogP contribution >= 0.6 is 0 Å². The Hall–Kier alpha value is -1.35. The minimum atomic E-state index is -0.123. The van der Waals surface area contributed by atoms with Crippen molar-refractivity contribution < 1.29 is 4.79 Å². The fourth-order valence-corrected chi connectivity index (χ4v) is 2.82. The van der Waals surface area contributed by atoms with Crippen molar-refractivity contribution in [1.29, 1.82) is 0 Å². The molecule has 2 fully saturated rings. The molecular weight excluding hydrogens is 248 g/mol. The molecule has 0 aromatic heterocycles. The number of carbonyl (C=O) groups excluding carboxylic acids is 1. The molecule has 3 rings (SSSR count). The molecule has 108 valence electrons. The van der Waals surface area contributed by atoms with Crippen molar-refractivity contribution >= 4 is 11.6 Å². The monoisotopic (exact) mass is 272 g/mol. The first kappa shape index (κ1) is 13.6. The highest BCUT2D eigenvalue weighted by molar-refractivity contribution is 5.94. The van der Waals surface area contributed by atoms with E-state index >= 15 is 0 Å². The molecule has 3 nitrogen and oxygen atoms in total. The SMILES string of the molecule is Cc1ccc(NC(=O)C(C)NC(C2CC2)C2CC2)cc1. The highest BCUT2D eigenvalue weighted by Gasteiger charge is 2.42. The lowest BCUT2D eigenvalue weighted by molar-refractivity contribution is -0.118. The zero-order valence-electron chi connectivity index (χ0n) is 12.4. The van der Waals surface area contributed by atoms with Crippen LogP contribution in [0.15, 0.2) is 24.3 Å². The molecule has 0 saturated heterocycles. The standard InChI is InChI=1S/C17H24N2O/c1-11-3-9-15(10-4-11)19-17(20)12(2)18-16(13-5-6-13)14-7-8-14/h3-4,9-10,12-14,16,18H,5-8H2,1-2H3,(H,19,20). The van der Waals surface area contributed by atoms with Gasteiger partial charge in [-0.15, -0.1) is 0 Å². The predicted octanol–water partition coefficient (Wildman–Crippen LogP) is 3.10. The fourth-order valence-electron chi connectivity index (χ4n) is 2.82. The van der Waals surface area contributed by atoms with Crippen LogP contribution in [0.4, 0.5) is 5.69 Å². The first-order valence-electron chi connectivity index (χ1n) is 7.77. The summed E-state index contributed by atoms with van der Waals surface area (Å²) in [7, 11) is 0. The molecule has 1 amide bonds. The highest BCUT2D eigenvalue weighted by atomic mass is 16.2. The van der Waals surface area contributed by atoms with Crippen LogP contribution in [0.2, 0.25) is 0 Å². The Bertz CT molecular complexity index is 462. The number of hydrogen-bond acceptors (Lipinski definition) is 2. The Balaban J connectivity index is 1.54. The second-order valence-electron chi connectivity index (χ2n) is 6.44. The van der Waals surface area contributed by atoms with E-state index < -0.39 is 0 Å². The quantitative estimate of drug-likeness (QED) is 0.835. The van der Waals surface area contributed by atoms with Crippen LogP contribution in [0.3, 0.4) is 0 Å². The molecule has 0 radical (unpaired) electrons. The molecule has 0 bridgehead atoms. The van der Waals surface area contributed by atoms with Gasteiger partial charge in [0.05, 0.1) is 6.04 Å². The average molecular weight is 272 g/mol. The zero-order valence-corrected chi connectivity index (χ0v) is 12.4. The number of benzene rings is 1. The molecule has 1 atom stereocenters. The van der Waals surface area contributed by atoms with Crippen molar-refractivity contribution in [2.45, 2.75) is 51.6 Å². The molecule has 0 aliphatic heterocycles. The molecule has 0 spiro atoms. The average Bonchev–Trinajstić information content (AvgIpc) is 3.29. The summed E-state index contributed by atoms with van der Waals surface area (Å²) in [4.78, 5) is 12.2. The highest BCUT2D eigenvalue weighted by Crippen LogP contribution is 2.44. The Morgan fingerprint density at radius 3 is 2.15 bits per heavy atom. The maximum Gasteiger partial charge on any atom is 0.241 e. The van der Waals surface area contributed by atoms with Gasteiger partial charge in [-0.1, -0.05) is 17.7 Å². The second kappa shape index (κ2) is 5.57. The topological polar surface area (TPSA) is 41.1 Å². The van der Waals surface area contributed by atoms with Gasteiger partial charge in [-0.2, -0.15) is 0 Å². The van der Waals surface area contributed by atoms with E-state index in [1.807, 2.05) is 38.1 Å². The predicted molar refractivity (Wildman–Crippen MR) is 81.6 cm³/mol. The van der Waals surface area contributed by atoms with Crippen molar-refractivity contribution in [2.24, 2.45) is 11.8 Å². The summed E-state index contributed by atoms with van der Waals surface area (Å²) in [5.41, 5.74) is 2.08. The van der Waals surface area contributed by atoms with Gasteiger partial charge in [0.25, 0.3) is 0 Å². The summed E-state index contributed by atoms with van der Waals surface area (Å²) in [6, 6.07) is 8.39. The number of hydrogen-bond donors (Lipinski definition) is 2. The minimum Gasteiger partial charge on any atom is -0.325 e. The van der Waals surface area contributed by atoms with Gasteiger partial charge in [-0.05, 0) is 63.5 Å². The van der Waals surface area contributed by atoms with Crippen LogP contribution in [0.5, 0.6) is 0 Å². The first-order valence-corrected chi connectivity index (χ1v) is 7.77. The lowest BCUT2D eigenvalue weighted by Crippen LogP contribution is -2.45. The summed E-state index contributed by atoms with van der Waals surface area (Å²) in [6.45, 7) is 4.02. The molecule has 20 heavy (non-hydrogen) atoms. The Morgan fingerprint density at radius 2 is 1.65 bits per heavy atom. The van der Waals surface area contributed by atoms with E-state index in [1.165, 1.54) is 31.2 Å². The van der Waals surface area contributed by atoms with E-state index in [2.05, 4.69) is 10.6 Å². The van der Waals surface area contributed by atoms with Gasteiger partial charge in [0.1, 0.15) is 0 Å². The summed E-state index contributed by atoms with van der Waals surface area (Å²) < 4.78 is 0. The van der Waals surface area contributed by atoms with Crippen molar-refractivity contribution in [3.8, 4) is 0 Å². The Kier molecular flexibility index (Phi) is 3.79. The van der Waals surface area contributed by atoms with Crippen molar-refractivity contribution in [1.82, 2.24) is 5.32 Å². The molecule has 2 saturated carbocycles. The third-order valence-corrected chi connectivity index (χ3v) is 4.41. The molecule has 2 aliphatic rings. The number of anilines is 1. The van der Waals surface area contributed by atoms with Gasteiger partial charge < -0.3 is 10.6 Å². The second-order valence-corrected chi connectivity index (χ2v) is 6.44. The number of aryl methyl sites for hydroxylation is 1. The van der Waals surface area contributed by atoms with Gasteiger partial charge in [0, 0.05) is 11.7 Å². The lowest BCUT2D eigenvalue weighted by atomic mass is 10.1. The van der Waals surface area contributed by atoms with E-state index in [4.69, 9.17) is 0 Å². The molecule has 0 heterocycles. The van der Waals surface area contributed by atoms with E-state index in [0.717, 1.165) is 17.5 Å². The smallest absolute Gasteiger partial charge is 0.241 e. The maximum atomic E-state index is 12.2. The zero-order chi connectivity index (χ0) is 14.1. The van der Waals surface area contributed by atoms with Crippen molar-refractivity contribution in [3.63, 3.8) is 0 Å². The molecular formula is C17H24N2O. The largest absolute Gasteiger partial charge is 0.325 e. The normalized spacial score (nSPS) is 19.9. The van der Waals surface area contributed by atoms with Crippen LogP contribution < -0.4 is 10.6 Å². The van der Waals surface area contributed by atoms with Crippen LogP contribution in [0, 0.1) is 18.8 Å². The van der Waals surface area contributed by atoms with E-state index in [-0.39, 0.29) is 11.9 Å². The number of nitrogens with one attached hydrogen (secondary N) is 2. The molecule has 2 aliphatic carbocycles. The Morgan fingerprint density at radius 1 is 1.10 bits per heavy atom. The third kappa shape index (κ3) is 3.40. The minimum absolute atomic E-state index is 0.0696. The van der Waals surface area contributed by atoms with Gasteiger partial charge >= 0.3 is 0 Å². The van der Waals surface area contributed by atoms with Gasteiger partial charge in [-0.3, -0.25) is 4.79 Å². The summed E-state index contributed by atoms with van der Waals surface area (Å²) in [5.74, 6) is 1.70. The molecule has 1 unspecified atom stereocenters. The summed E-state index contributed by atoms with van der Waals surface area (Å²) in [5, 5.41) is 6.55. The van der Waals surface area contributed by atoms with Crippen LogP contribution in [0.25, 0.3) is 0 Å².